The lowest BCUT2D eigenvalue weighted by molar-refractivity contribution is 0.206. The number of piperidine rings is 1. The van der Waals surface area contributed by atoms with Crippen molar-refractivity contribution in [1.29, 1.82) is 0 Å². The maximum atomic E-state index is 5.47. The lowest BCUT2D eigenvalue weighted by Crippen LogP contribution is -2.48. The average Bonchev–Trinajstić information content (AvgIpc) is 2.68. The van der Waals surface area contributed by atoms with Gasteiger partial charge in [0.15, 0.2) is 5.96 Å². The van der Waals surface area contributed by atoms with Crippen LogP contribution in [0.1, 0.15) is 38.7 Å². The second-order valence-electron chi connectivity index (χ2n) is 6.63. The van der Waals surface area contributed by atoms with Gasteiger partial charge in [-0.1, -0.05) is 6.92 Å². The largest absolute Gasteiger partial charge is 0.497 e. The fourth-order valence-corrected chi connectivity index (χ4v) is 3.28. The lowest BCUT2D eigenvalue weighted by Gasteiger charge is -2.32. The molecule has 1 aromatic carbocycles. The summed E-state index contributed by atoms with van der Waals surface area (Å²) in [4.78, 5) is 7.30. The molecule has 6 nitrogen and oxygen atoms in total. The van der Waals surface area contributed by atoms with E-state index in [1.807, 2.05) is 18.2 Å². The number of methoxy groups -OCH3 is 2. The van der Waals surface area contributed by atoms with Gasteiger partial charge in [0, 0.05) is 37.3 Å². The number of likely N-dealkylation sites (tertiary alicyclic amines) is 1. The van der Waals surface area contributed by atoms with Gasteiger partial charge in [-0.2, -0.15) is 0 Å². The molecule has 1 aliphatic heterocycles. The number of nitrogens with zero attached hydrogens (tertiary/aromatic N) is 2. The highest BCUT2D eigenvalue weighted by Crippen LogP contribution is 2.25. The third-order valence-electron chi connectivity index (χ3n) is 4.71. The summed E-state index contributed by atoms with van der Waals surface area (Å²) in [6.07, 6.45) is 3.55. The van der Waals surface area contributed by atoms with E-state index in [2.05, 4.69) is 29.4 Å². The van der Waals surface area contributed by atoms with Crippen LogP contribution in [0.15, 0.2) is 23.2 Å². The molecule has 0 radical (unpaired) electrons. The predicted molar refractivity (Wildman–Crippen MR) is 123 cm³/mol. The minimum absolute atomic E-state index is 0. The number of halogens is 1. The van der Waals surface area contributed by atoms with Crippen LogP contribution in [-0.2, 0) is 6.54 Å². The fourth-order valence-electron chi connectivity index (χ4n) is 3.28. The molecule has 0 unspecified atom stereocenters. The summed E-state index contributed by atoms with van der Waals surface area (Å²) in [6, 6.07) is 6.33. The monoisotopic (exact) mass is 490 g/mol. The molecule has 0 spiro atoms. The van der Waals surface area contributed by atoms with Crippen molar-refractivity contribution in [3.05, 3.63) is 23.8 Å². The van der Waals surface area contributed by atoms with Gasteiger partial charge >= 0.3 is 0 Å². The van der Waals surface area contributed by atoms with E-state index in [0.29, 0.717) is 12.6 Å². The number of hydrogen-bond donors (Lipinski definition) is 2. The third kappa shape index (κ3) is 7.73. The molecule has 7 heteroatoms. The summed E-state index contributed by atoms with van der Waals surface area (Å²) in [7, 11) is 3.33. The summed E-state index contributed by atoms with van der Waals surface area (Å²) in [5, 5.41) is 6.95. The van der Waals surface area contributed by atoms with Crippen molar-refractivity contribution in [3.8, 4) is 11.5 Å². The molecule has 1 fully saturated rings. The number of aliphatic imine (C=N–C) groups is 1. The molecule has 27 heavy (non-hydrogen) atoms. The molecule has 2 rings (SSSR count). The summed E-state index contributed by atoms with van der Waals surface area (Å²) in [5.74, 6) is 2.47. The van der Waals surface area contributed by atoms with E-state index in [-0.39, 0.29) is 24.0 Å². The van der Waals surface area contributed by atoms with Gasteiger partial charge < -0.3 is 25.0 Å². The van der Waals surface area contributed by atoms with Gasteiger partial charge in [0.05, 0.1) is 20.8 Å². The molecule has 0 bridgehead atoms. The van der Waals surface area contributed by atoms with E-state index < -0.39 is 0 Å². The van der Waals surface area contributed by atoms with E-state index in [9.17, 15) is 0 Å². The number of nitrogens with one attached hydrogen (secondary N) is 2. The minimum Gasteiger partial charge on any atom is -0.497 e. The molecule has 0 aliphatic carbocycles. The second kappa shape index (κ2) is 13.0. The van der Waals surface area contributed by atoms with Gasteiger partial charge in [0.25, 0.3) is 0 Å². The zero-order valence-electron chi connectivity index (χ0n) is 17.1. The third-order valence-corrected chi connectivity index (χ3v) is 4.71. The van der Waals surface area contributed by atoms with Crippen molar-refractivity contribution in [2.75, 3.05) is 40.4 Å². The Morgan fingerprint density at radius 3 is 2.52 bits per heavy atom. The number of ether oxygens (including phenoxy) is 2. The Morgan fingerprint density at radius 2 is 1.93 bits per heavy atom. The summed E-state index contributed by atoms with van der Waals surface area (Å²) in [6.45, 7) is 9.28. The number of hydrogen-bond acceptors (Lipinski definition) is 4. The van der Waals surface area contributed by atoms with Crippen molar-refractivity contribution in [3.63, 3.8) is 0 Å². The molecule has 2 N–H and O–H groups in total. The Morgan fingerprint density at radius 1 is 1.19 bits per heavy atom. The first-order chi connectivity index (χ1) is 12.7. The standard InChI is InChI=1S/C20H34N4O2.HI/c1-5-11-24-12-9-17(10-13-24)23-20(21-6-2)22-15-16-7-8-18(25-3)14-19(16)26-4;/h7-8,14,17H,5-6,9-13,15H2,1-4H3,(H2,21,22,23);1H. The molecule has 0 atom stereocenters. The summed E-state index contributed by atoms with van der Waals surface area (Å²) >= 11 is 0. The lowest BCUT2D eigenvalue weighted by atomic mass is 10.1. The molecule has 154 valence electrons. The average molecular weight is 490 g/mol. The van der Waals surface area contributed by atoms with E-state index in [1.54, 1.807) is 14.2 Å². The van der Waals surface area contributed by atoms with Crippen molar-refractivity contribution < 1.29 is 9.47 Å². The summed E-state index contributed by atoms with van der Waals surface area (Å²) in [5.41, 5.74) is 1.04. The SMILES string of the molecule is CCCN1CCC(NC(=NCc2ccc(OC)cc2OC)NCC)CC1.I. The van der Waals surface area contributed by atoms with Gasteiger partial charge in [-0.05, 0) is 44.9 Å². The smallest absolute Gasteiger partial charge is 0.191 e. The van der Waals surface area contributed by atoms with Crippen molar-refractivity contribution in [2.45, 2.75) is 45.7 Å². The topological polar surface area (TPSA) is 58.1 Å². The first kappa shape index (κ1) is 23.8. The number of benzene rings is 1. The first-order valence-corrected chi connectivity index (χ1v) is 9.68. The van der Waals surface area contributed by atoms with Crippen LogP contribution in [0.25, 0.3) is 0 Å². The zero-order chi connectivity index (χ0) is 18.8. The van der Waals surface area contributed by atoms with Gasteiger partial charge in [0.1, 0.15) is 11.5 Å². The highest BCUT2D eigenvalue weighted by molar-refractivity contribution is 14.0. The van der Waals surface area contributed by atoms with Crippen LogP contribution in [0.3, 0.4) is 0 Å². The maximum Gasteiger partial charge on any atom is 0.191 e. The van der Waals surface area contributed by atoms with E-state index in [0.717, 1.165) is 55.5 Å². The van der Waals surface area contributed by atoms with E-state index in [4.69, 9.17) is 14.5 Å². The van der Waals surface area contributed by atoms with Crippen LogP contribution >= 0.6 is 24.0 Å². The molecule has 1 aliphatic rings. The maximum absolute atomic E-state index is 5.47. The minimum atomic E-state index is 0. The van der Waals surface area contributed by atoms with Gasteiger partial charge in [0.2, 0.25) is 0 Å². The van der Waals surface area contributed by atoms with E-state index in [1.165, 1.54) is 13.0 Å². The molecule has 0 saturated carbocycles. The summed E-state index contributed by atoms with van der Waals surface area (Å²) < 4.78 is 10.7. The van der Waals surface area contributed by atoms with Crippen molar-refractivity contribution >= 4 is 29.9 Å². The van der Waals surface area contributed by atoms with Gasteiger partial charge in [-0.3, -0.25) is 0 Å². The molecule has 0 amide bonds. The molecule has 1 aromatic rings. The van der Waals surface area contributed by atoms with Crippen LogP contribution in [0.2, 0.25) is 0 Å². The van der Waals surface area contributed by atoms with Crippen molar-refractivity contribution in [1.82, 2.24) is 15.5 Å². The Labute approximate surface area is 181 Å². The van der Waals surface area contributed by atoms with Crippen LogP contribution in [0.5, 0.6) is 11.5 Å². The van der Waals surface area contributed by atoms with Crippen LogP contribution < -0.4 is 20.1 Å². The quantitative estimate of drug-likeness (QED) is 0.333. The highest BCUT2D eigenvalue weighted by atomic mass is 127. The van der Waals surface area contributed by atoms with E-state index >= 15 is 0 Å². The van der Waals surface area contributed by atoms with Gasteiger partial charge in [-0.15, -0.1) is 24.0 Å². The second-order valence-corrected chi connectivity index (χ2v) is 6.63. The van der Waals surface area contributed by atoms with Crippen molar-refractivity contribution in [2.24, 2.45) is 4.99 Å². The molecule has 1 saturated heterocycles. The van der Waals surface area contributed by atoms with Gasteiger partial charge in [-0.25, -0.2) is 4.99 Å². The molecule has 1 heterocycles. The number of guanidine groups is 1. The zero-order valence-corrected chi connectivity index (χ0v) is 19.4. The van der Waals surface area contributed by atoms with Crippen LogP contribution in [0.4, 0.5) is 0 Å². The Balaban J connectivity index is 0.00000364. The van der Waals surface area contributed by atoms with Crippen LogP contribution in [-0.4, -0.2) is 57.3 Å². The van der Waals surface area contributed by atoms with Crippen LogP contribution in [0, 0.1) is 0 Å². The Kier molecular flexibility index (Phi) is 11.5. The number of rotatable bonds is 8. The first-order valence-electron chi connectivity index (χ1n) is 9.68. The predicted octanol–water partition coefficient (Wildman–Crippen LogP) is 3.25. The molecule has 0 aromatic heterocycles. The molecular formula is C20H35IN4O2. The fraction of sp³-hybridized carbons (Fsp3) is 0.650. The highest BCUT2D eigenvalue weighted by Gasteiger charge is 2.19. The normalized spacial score (nSPS) is 15.8. The Bertz CT molecular complexity index is 575. The molecular weight excluding hydrogens is 455 g/mol. The Hall–Kier alpha value is -1.22.